The van der Waals surface area contributed by atoms with Crippen molar-refractivity contribution < 1.29 is 5.11 Å². The summed E-state index contributed by atoms with van der Waals surface area (Å²) in [5.74, 6) is 0.879. The molecule has 13 heavy (non-hydrogen) atoms. The van der Waals surface area contributed by atoms with Crippen molar-refractivity contribution in [2.24, 2.45) is 17.3 Å². The first-order valence-electron chi connectivity index (χ1n) is 5.19. The van der Waals surface area contributed by atoms with E-state index >= 15 is 0 Å². The van der Waals surface area contributed by atoms with Gasteiger partial charge in [0.25, 0.3) is 0 Å². The molecule has 0 saturated heterocycles. The van der Waals surface area contributed by atoms with Gasteiger partial charge in [0.2, 0.25) is 0 Å². The van der Waals surface area contributed by atoms with Gasteiger partial charge in [-0.1, -0.05) is 32.9 Å². The van der Waals surface area contributed by atoms with Gasteiger partial charge in [-0.15, -0.1) is 0 Å². The molecule has 0 aromatic rings. The number of allylic oxidation sites excluding steroid dienone is 1. The highest BCUT2D eigenvalue weighted by atomic mass is 16.3. The SMILES string of the molecule is C=C(C)C1CCC(C)(C)C(O)[C@H]1C. The maximum absolute atomic E-state index is 10.1. The second-order valence-corrected chi connectivity index (χ2v) is 5.28. The molecule has 1 rings (SSSR count). The normalized spacial score (nSPS) is 38.7. The van der Waals surface area contributed by atoms with Gasteiger partial charge >= 0.3 is 0 Å². The smallest absolute Gasteiger partial charge is 0.0622 e. The van der Waals surface area contributed by atoms with Gasteiger partial charge < -0.3 is 5.11 Å². The Morgan fingerprint density at radius 3 is 2.46 bits per heavy atom. The molecule has 1 heteroatoms. The molecule has 2 unspecified atom stereocenters. The highest BCUT2D eigenvalue weighted by Gasteiger charge is 2.40. The Hall–Kier alpha value is -0.300. The molecule has 0 heterocycles. The molecule has 0 amide bonds. The standard InChI is InChI=1S/C12H22O/c1-8(2)10-6-7-12(4,5)11(13)9(10)3/h9-11,13H,1,6-7H2,2-5H3/t9-,10?,11?/m0/s1. The Bertz CT molecular complexity index is 205. The molecule has 0 spiro atoms. The van der Waals surface area contributed by atoms with Crippen molar-refractivity contribution in [2.45, 2.75) is 46.6 Å². The van der Waals surface area contributed by atoms with Crippen molar-refractivity contribution in [3.8, 4) is 0 Å². The average Bonchev–Trinajstić information content (AvgIpc) is 2.00. The lowest BCUT2D eigenvalue weighted by molar-refractivity contribution is -0.0445. The van der Waals surface area contributed by atoms with Crippen LogP contribution in [0.5, 0.6) is 0 Å². The van der Waals surface area contributed by atoms with Crippen LogP contribution in [0.3, 0.4) is 0 Å². The molecule has 1 aliphatic rings. The van der Waals surface area contributed by atoms with Crippen molar-refractivity contribution >= 4 is 0 Å². The van der Waals surface area contributed by atoms with E-state index in [0.29, 0.717) is 11.8 Å². The van der Waals surface area contributed by atoms with Gasteiger partial charge in [-0.05, 0) is 37.0 Å². The fourth-order valence-electron chi connectivity index (χ4n) is 2.57. The summed E-state index contributed by atoms with van der Waals surface area (Å²) in [5.41, 5.74) is 1.31. The number of aliphatic hydroxyl groups is 1. The lowest BCUT2D eigenvalue weighted by atomic mass is 9.64. The summed E-state index contributed by atoms with van der Waals surface area (Å²) in [6.07, 6.45) is 2.11. The minimum Gasteiger partial charge on any atom is -0.392 e. The topological polar surface area (TPSA) is 20.2 Å². The maximum Gasteiger partial charge on any atom is 0.0622 e. The monoisotopic (exact) mass is 182 g/mol. The zero-order valence-electron chi connectivity index (χ0n) is 9.30. The first-order chi connectivity index (χ1) is 5.86. The lowest BCUT2D eigenvalue weighted by Crippen LogP contribution is -2.43. The van der Waals surface area contributed by atoms with Crippen molar-refractivity contribution in [1.29, 1.82) is 0 Å². The summed E-state index contributed by atoms with van der Waals surface area (Å²) in [4.78, 5) is 0. The molecule has 76 valence electrons. The van der Waals surface area contributed by atoms with Crippen LogP contribution in [0, 0.1) is 17.3 Å². The van der Waals surface area contributed by atoms with Crippen LogP contribution in [0.2, 0.25) is 0 Å². The van der Waals surface area contributed by atoms with E-state index in [-0.39, 0.29) is 11.5 Å². The van der Waals surface area contributed by atoms with Gasteiger partial charge in [-0.25, -0.2) is 0 Å². The Morgan fingerprint density at radius 2 is 2.00 bits per heavy atom. The van der Waals surface area contributed by atoms with Crippen molar-refractivity contribution in [1.82, 2.24) is 0 Å². The molecule has 0 aromatic carbocycles. The predicted molar refractivity (Wildman–Crippen MR) is 56.5 cm³/mol. The summed E-state index contributed by atoms with van der Waals surface area (Å²) in [7, 11) is 0. The van der Waals surface area contributed by atoms with Gasteiger partial charge in [0.15, 0.2) is 0 Å². The van der Waals surface area contributed by atoms with Crippen LogP contribution in [0.1, 0.15) is 40.5 Å². The molecule has 1 N–H and O–H groups in total. The highest BCUT2D eigenvalue weighted by molar-refractivity contribution is 5.04. The van der Waals surface area contributed by atoms with Crippen LogP contribution in [0.4, 0.5) is 0 Å². The van der Waals surface area contributed by atoms with Crippen LogP contribution in [-0.2, 0) is 0 Å². The van der Waals surface area contributed by atoms with Crippen molar-refractivity contribution in [3.05, 3.63) is 12.2 Å². The van der Waals surface area contributed by atoms with Gasteiger partial charge in [0, 0.05) is 0 Å². The van der Waals surface area contributed by atoms with E-state index in [2.05, 4.69) is 34.3 Å². The number of rotatable bonds is 1. The molecule has 1 aliphatic carbocycles. The van der Waals surface area contributed by atoms with Crippen LogP contribution in [-0.4, -0.2) is 11.2 Å². The highest BCUT2D eigenvalue weighted by Crippen LogP contribution is 2.43. The molecule has 0 aromatic heterocycles. The van der Waals surface area contributed by atoms with Gasteiger partial charge in [0.05, 0.1) is 6.10 Å². The van der Waals surface area contributed by atoms with Crippen LogP contribution >= 0.6 is 0 Å². The third-order valence-electron chi connectivity index (χ3n) is 3.67. The van der Waals surface area contributed by atoms with Crippen LogP contribution in [0.25, 0.3) is 0 Å². The quantitative estimate of drug-likeness (QED) is 0.618. The van der Waals surface area contributed by atoms with E-state index in [4.69, 9.17) is 0 Å². The summed E-state index contributed by atoms with van der Waals surface area (Å²) >= 11 is 0. The fraction of sp³-hybridized carbons (Fsp3) is 0.833. The summed E-state index contributed by atoms with van der Waals surface area (Å²) in [6, 6.07) is 0. The Kier molecular flexibility index (Phi) is 2.86. The Balaban J connectivity index is 2.76. The van der Waals surface area contributed by atoms with E-state index in [1.54, 1.807) is 0 Å². The maximum atomic E-state index is 10.1. The zero-order valence-corrected chi connectivity index (χ0v) is 9.30. The number of aliphatic hydroxyl groups excluding tert-OH is 1. The van der Waals surface area contributed by atoms with E-state index in [0.717, 1.165) is 6.42 Å². The Morgan fingerprint density at radius 1 is 1.46 bits per heavy atom. The second kappa shape index (κ2) is 3.45. The molecule has 3 atom stereocenters. The Labute approximate surface area is 81.9 Å². The van der Waals surface area contributed by atoms with Crippen LogP contribution < -0.4 is 0 Å². The zero-order chi connectivity index (χ0) is 10.2. The molecular weight excluding hydrogens is 160 g/mol. The average molecular weight is 182 g/mol. The van der Waals surface area contributed by atoms with Crippen molar-refractivity contribution in [3.63, 3.8) is 0 Å². The number of hydrogen-bond acceptors (Lipinski definition) is 1. The third kappa shape index (κ3) is 1.96. The molecule has 1 fully saturated rings. The minimum absolute atomic E-state index is 0.0887. The molecule has 0 aliphatic heterocycles. The number of hydrogen-bond donors (Lipinski definition) is 1. The largest absolute Gasteiger partial charge is 0.392 e. The van der Waals surface area contributed by atoms with Gasteiger partial charge in [0.1, 0.15) is 0 Å². The third-order valence-corrected chi connectivity index (χ3v) is 3.67. The molecule has 0 radical (unpaired) electrons. The van der Waals surface area contributed by atoms with Crippen LogP contribution in [0.15, 0.2) is 12.2 Å². The minimum atomic E-state index is -0.178. The first-order valence-corrected chi connectivity index (χ1v) is 5.19. The fourth-order valence-corrected chi connectivity index (χ4v) is 2.57. The summed E-state index contributed by atoms with van der Waals surface area (Å²) in [5, 5.41) is 10.1. The molecular formula is C12H22O. The van der Waals surface area contributed by atoms with E-state index in [1.165, 1.54) is 12.0 Å². The second-order valence-electron chi connectivity index (χ2n) is 5.28. The van der Waals surface area contributed by atoms with Crippen molar-refractivity contribution in [2.75, 3.05) is 0 Å². The van der Waals surface area contributed by atoms with Gasteiger partial charge in [-0.3, -0.25) is 0 Å². The van der Waals surface area contributed by atoms with E-state index in [1.807, 2.05) is 0 Å². The first kappa shape index (κ1) is 10.8. The molecule has 0 bridgehead atoms. The predicted octanol–water partition coefficient (Wildman–Crippen LogP) is 3.00. The molecule has 1 nitrogen and oxygen atoms in total. The summed E-state index contributed by atoms with van der Waals surface area (Å²) < 4.78 is 0. The lowest BCUT2D eigenvalue weighted by Gasteiger charge is -2.44. The van der Waals surface area contributed by atoms with E-state index < -0.39 is 0 Å². The summed E-state index contributed by atoms with van der Waals surface area (Å²) in [6.45, 7) is 12.5. The van der Waals surface area contributed by atoms with Gasteiger partial charge in [-0.2, -0.15) is 0 Å². The molecule has 1 saturated carbocycles. The van der Waals surface area contributed by atoms with E-state index in [9.17, 15) is 5.11 Å².